The first kappa shape index (κ1) is 18.3. The molecule has 0 spiro atoms. The summed E-state index contributed by atoms with van der Waals surface area (Å²) in [5.74, 6) is 0.732. The SMILES string of the molecule is Nc1ncc(-c2cc(N3CCOCC3)nc(S(=O)(=O)c3ccccc3)c2)cn1. The van der Waals surface area contributed by atoms with Crippen LogP contribution in [0.15, 0.2) is 64.8 Å². The first-order valence-corrected chi connectivity index (χ1v) is 10.3. The molecule has 0 saturated carbocycles. The molecule has 28 heavy (non-hydrogen) atoms. The number of nitrogens with zero attached hydrogens (tertiary/aromatic N) is 4. The zero-order valence-electron chi connectivity index (χ0n) is 15.0. The maximum absolute atomic E-state index is 13.1. The average Bonchev–Trinajstić information content (AvgIpc) is 2.75. The van der Waals surface area contributed by atoms with Crippen LogP contribution >= 0.6 is 0 Å². The van der Waals surface area contributed by atoms with Crippen molar-refractivity contribution in [3.05, 3.63) is 54.9 Å². The number of aromatic nitrogens is 3. The molecule has 0 bridgehead atoms. The molecule has 144 valence electrons. The fourth-order valence-corrected chi connectivity index (χ4v) is 4.21. The summed E-state index contributed by atoms with van der Waals surface area (Å²) in [6, 6.07) is 11.6. The van der Waals surface area contributed by atoms with Crippen LogP contribution in [0.5, 0.6) is 0 Å². The average molecular weight is 397 g/mol. The van der Waals surface area contributed by atoms with Crippen molar-refractivity contribution in [1.29, 1.82) is 0 Å². The summed E-state index contributed by atoms with van der Waals surface area (Å²) < 4.78 is 31.7. The van der Waals surface area contributed by atoms with Crippen LogP contribution in [0.3, 0.4) is 0 Å². The summed E-state index contributed by atoms with van der Waals surface area (Å²) in [4.78, 5) is 14.7. The highest BCUT2D eigenvalue weighted by atomic mass is 32.2. The summed E-state index contributed by atoms with van der Waals surface area (Å²) in [5, 5.41) is -0.0190. The molecule has 1 aromatic carbocycles. The van der Waals surface area contributed by atoms with Crippen LogP contribution in [-0.2, 0) is 14.6 Å². The van der Waals surface area contributed by atoms with Crippen molar-refractivity contribution >= 4 is 21.6 Å². The molecule has 0 atom stereocenters. The number of nitrogen functional groups attached to an aromatic ring is 1. The van der Waals surface area contributed by atoms with Gasteiger partial charge < -0.3 is 15.4 Å². The second-order valence-corrected chi connectivity index (χ2v) is 8.19. The lowest BCUT2D eigenvalue weighted by Crippen LogP contribution is -2.37. The molecule has 0 aliphatic carbocycles. The number of pyridine rings is 1. The third kappa shape index (κ3) is 3.67. The van der Waals surface area contributed by atoms with Gasteiger partial charge in [0.15, 0.2) is 5.03 Å². The van der Waals surface area contributed by atoms with Crippen molar-refractivity contribution in [2.75, 3.05) is 36.9 Å². The number of sulfone groups is 1. The molecule has 2 aromatic heterocycles. The second-order valence-electron chi connectivity index (χ2n) is 6.30. The van der Waals surface area contributed by atoms with Gasteiger partial charge in [-0.1, -0.05) is 18.2 Å². The van der Waals surface area contributed by atoms with Gasteiger partial charge in [0.2, 0.25) is 15.8 Å². The van der Waals surface area contributed by atoms with Crippen LogP contribution in [0.25, 0.3) is 11.1 Å². The van der Waals surface area contributed by atoms with Crippen LogP contribution in [0.4, 0.5) is 11.8 Å². The minimum atomic E-state index is -3.77. The number of anilines is 2. The highest BCUT2D eigenvalue weighted by molar-refractivity contribution is 7.91. The van der Waals surface area contributed by atoms with E-state index in [4.69, 9.17) is 10.5 Å². The predicted molar refractivity (Wildman–Crippen MR) is 105 cm³/mol. The van der Waals surface area contributed by atoms with Crippen molar-refractivity contribution in [1.82, 2.24) is 15.0 Å². The Morgan fingerprint density at radius 3 is 2.32 bits per heavy atom. The van der Waals surface area contributed by atoms with E-state index < -0.39 is 9.84 Å². The van der Waals surface area contributed by atoms with Crippen LogP contribution < -0.4 is 10.6 Å². The van der Waals surface area contributed by atoms with Gasteiger partial charge in [0.05, 0.1) is 18.1 Å². The largest absolute Gasteiger partial charge is 0.378 e. The molecular weight excluding hydrogens is 378 g/mol. The molecule has 0 amide bonds. The highest BCUT2D eigenvalue weighted by Gasteiger charge is 2.23. The number of benzene rings is 1. The number of nitrogens with two attached hydrogens (primary N) is 1. The minimum absolute atomic E-state index is 0.0190. The monoisotopic (exact) mass is 397 g/mol. The summed E-state index contributed by atoms with van der Waals surface area (Å²) in [5.41, 5.74) is 6.90. The molecule has 4 rings (SSSR count). The minimum Gasteiger partial charge on any atom is -0.378 e. The van der Waals surface area contributed by atoms with Gasteiger partial charge in [0.25, 0.3) is 0 Å². The molecule has 0 radical (unpaired) electrons. The zero-order valence-corrected chi connectivity index (χ0v) is 15.8. The van der Waals surface area contributed by atoms with Gasteiger partial charge in [-0.05, 0) is 29.8 Å². The van der Waals surface area contributed by atoms with E-state index in [0.717, 1.165) is 0 Å². The number of hydrogen-bond acceptors (Lipinski definition) is 8. The third-order valence-electron chi connectivity index (χ3n) is 4.46. The van der Waals surface area contributed by atoms with E-state index in [-0.39, 0.29) is 15.9 Å². The quantitative estimate of drug-likeness (QED) is 0.709. The summed E-state index contributed by atoms with van der Waals surface area (Å²) in [7, 11) is -3.77. The van der Waals surface area contributed by atoms with E-state index in [9.17, 15) is 8.42 Å². The van der Waals surface area contributed by atoms with Crippen LogP contribution in [0, 0.1) is 0 Å². The summed E-state index contributed by atoms with van der Waals surface area (Å²) >= 11 is 0. The molecule has 1 fully saturated rings. The van der Waals surface area contributed by atoms with Gasteiger partial charge in [0, 0.05) is 31.0 Å². The van der Waals surface area contributed by atoms with Gasteiger partial charge in [-0.2, -0.15) is 0 Å². The molecule has 2 N–H and O–H groups in total. The van der Waals surface area contributed by atoms with Crippen molar-refractivity contribution in [3.8, 4) is 11.1 Å². The molecule has 8 nitrogen and oxygen atoms in total. The summed E-state index contributed by atoms with van der Waals surface area (Å²) in [6.07, 6.45) is 3.14. The topological polar surface area (TPSA) is 111 Å². The Hall–Kier alpha value is -3.04. The van der Waals surface area contributed by atoms with E-state index in [1.54, 1.807) is 48.8 Å². The second kappa shape index (κ2) is 7.53. The van der Waals surface area contributed by atoms with Crippen LogP contribution in [0.2, 0.25) is 0 Å². The standard InChI is InChI=1S/C19H19N5O3S/c20-19-21-12-15(13-22-19)14-10-17(24-6-8-27-9-7-24)23-18(11-14)28(25,26)16-4-2-1-3-5-16/h1-5,10-13H,6-9H2,(H2,20,21,22). The van der Waals surface area contributed by atoms with Crippen molar-refractivity contribution in [2.45, 2.75) is 9.92 Å². The molecule has 9 heteroatoms. The molecule has 0 unspecified atom stereocenters. The lowest BCUT2D eigenvalue weighted by Gasteiger charge is -2.28. The molecule has 3 aromatic rings. The Morgan fingerprint density at radius 1 is 0.964 bits per heavy atom. The van der Waals surface area contributed by atoms with Gasteiger partial charge in [-0.15, -0.1) is 0 Å². The van der Waals surface area contributed by atoms with Crippen LogP contribution in [-0.4, -0.2) is 49.7 Å². The number of rotatable bonds is 4. The van der Waals surface area contributed by atoms with E-state index in [1.165, 1.54) is 0 Å². The smallest absolute Gasteiger partial charge is 0.223 e. The van der Waals surface area contributed by atoms with Crippen molar-refractivity contribution < 1.29 is 13.2 Å². The first-order chi connectivity index (χ1) is 13.5. The Morgan fingerprint density at radius 2 is 1.64 bits per heavy atom. The fourth-order valence-electron chi connectivity index (χ4n) is 2.96. The first-order valence-electron chi connectivity index (χ1n) is 8.77. The number of ether oxygens (including phenoxy) is 1. The van der Waals surface area contributed by atoms with E-state index in [2.05, 4.69) is 15.0 Å². The van der Waals surface area contributed by atoms with E-state index in [0.29, 0.717) is 43.2 Å². The molecular formula is C19H19N5O3S. The molecule has 1 saturated heterocycles. The Bertz CT molecular complexity index is 1070. The van der Waals surface area contributed by atoms with Crippen molar-refractivity contribution in [2.24, 2.45) is 0 Å². The zero-order chi connectivity index (χ0) is 19.6. The number of hydrogen-bond donors (Lipinski definition) is 1. The van der Waals surface area contributed by atoms with Gasteiger partial charge in [-0.25, -0.2) is 23.4 Å². The van der Waals surface area contributed by atoms with Crippen molar-refractivity contribution in [3.63, 3.8) is 0 Å². The van der Waals surface area contributed by atoms with E-state index in [1.807, 2.05) is 11.0 Å². The van der Waals surface area contributed by atoms with E-state index >= 15 is 0 Å². The normalized spacial score (nSPS) is 14.8. The Kier molecular flexibility index (Phi) is 4.93. The molecule has 3 heterocycles. The highest BCUT2D eigenvalue weighted by Crippen LogP contribution is 2.29. The maximum atomic E-state index is 13.1. The predicted octanol–water partition coefficient (Wildman–Crippen LogP) is 1.79. The fraction of sp³-hybridized carbons (Fsp3) is 0.211. The molecule has 1 aliphatic rings. The Labute approximate surface area is 162 Å². The van der Waals surface area contributed by atoms with Gasteiger partial charge in [0.1, 0.15) is 5.82 Å². The lowest BCUT2D eigenvalue weighted by atomic mass is 10.1. The van der Waals surface area contributed by atoms with Crippen LogP contribution in [0.1, 0.15) is 0 Å². The lowest BCUT2D eigenvalue weighted by molar-refractivity contribution is 0.122. The van der Waals surface area contributed by atoms with Gasteiger partial charge in [-0.3, -0.25) is 0 Å². The molecule has 1 aliphatic heterocycles. The third-order valence-corrected chi connectivity index (χ3v) is 6.11. The van der Waals surface area contributed by atoms with Gasteiger partial charge >= 0.3 is 0 Å². The number of morpholine rings is 1. The Balaban J connectivity index is 1.85. The maximum Gasteiger partial charge on any atom is 0.223 e. The summed E-state index contributed by atoms with van der Waals surface area (Å²) in [6.45, 7) is 2.41.